The van der Waals surface area contributed by atoms with E-state index in [0.717, 1.165) is 60.6 Å². The topological polar surface area (TPSA) is 118 Å². The number of carbonyl (C=O) groups is 2. The quantitative estimate of drug-likeness (QED) is 0.412. The third-order valence-corrected chi connectivity index (χ3v) is 8.10. The van der Waals surface area contributed by atoms with E-state index < -0.39 is 0 Å². The number of aromatic nitrogens is 4. The largest absolute Gasteiger partial charge is 0.494 e. The van der Waals surface area contributed by atoms with Gasteiger partial charge in [-0.2, -0.15) is 5.10 Å². The van der Waals surface area contributed by atoms with Crippen LogP contribution in [0.15, 0.2) is 42.7 Å². The van der Waals surface area contributed by atoms with E-state index in [2.05, 4.69) is 49.7 Å². The van der Waals surface area contributed by atoms with Crippen LogP contribution in [0.4, 0.5) is 5.95 Å². The monoisotopic (exact) mass is 588 g/mol. The normalized spacial score (nSPS) is 19.7. The molecule has 0 radical (unpaired) electrons. The van der Waals surface area contributed by atoms with Gasteiger partial charge in [0.15, 0.2) is 0 Å². The Morgan fingerprint density at radius 1 is 1.14 bits per heavy atom. The van der Waals surface area contributed by atoms with E-state index in [9.17, 15) is 9.59 Å². The number of nitrogens with zero attached hydrogens (tertiary/aromatic N) is 6. The summed E-state index contributed by atoms with van der Waals surface area (Å²) < 4.78 is 8.00. The van der Waals surface area contributed by atoms with E-state index in [4.69, 9.17) is 4.74 Å². The van der Waals surface area contributed by atoms with Gasteiger partial charge in [0.25, 0.3) is 0 Å². The van der Waals surface area contributed by atoms with Gasteiger partial charge in [0.05, 0.1) is 24.9 Å². The fourth-order valence-corrected chi connectivity index (χ4v) is 5.91. The average molecular weight is 589 g/mol. The summed E-state index contributed by atoms with van der Waals surface area (Å²) in [5.41, 5.74) is 4.02. The van der Waals surface area contributed by atoms with Gasteiger partial charge >= 0.3 is 0 Å². The predicted octanol–water partition coefficient (Wildman–Crippen LogP) is 3.29. The highest BCUT2D eigenvalue weighted by molar-refractivity contribution is 5.80. The minimum absolute atomic E-state index is 0.0295. The van der Waals surface area contributed by atoms with Crippen LogP contribution >= 0.6 is 0 Å². The van der Waals surface area contributed by atoms with Crippen molar-refractivity contribution in [3.8, 4) is 5.75 Å². The number of carbonyl (C=O) groups excluding carboxylic acids is 2. The lowest BCUT2D eigenvalue weighted by atomic mass is 9.94. The van der Waals surface area contributed by atoms with E-state index in [1.807, 2.05) is 54.0 Å². The first-order valence-corrected chi connectivity index (χ1v) is 15.5. The maximum Gasteiger partial charge on any atom is 0.234 e. The Labute approximate surface area is 254 Å². The van der Waals surface area contributed by atoms with Crippen LogP contribution in [0.1, 0.15) is 61.0 Å². The molecule has 2 aliphatic rings. The summed E-state index contributed by atoms with van der Waals surface area (Å²) in [4.78, 5) is 39.7. The van der Waals surface area contributed by atoms with E-state index in [0.29, 0.717) is 45.2 Å². The zero-order valence-corrected chi connectivity index (χ0v) is 25.6. The van der Waals surface area contributed by atoms with Crippen molar-refractivity contribution < 1.29 is 14.3 Å². The lowest BCUT2D eigenvalue weighted by Crippen LogP contribution is -2.45. The molecule has 2 bridgehead atoms. The van der Waals surface area contributed by atoms with Crippen molar-refractivity contribution in [2.75, 3.05) is 44.6 Å². The Morgan fingerprint density at radius 2 is 1.98 bits per heavy atom. The first-order valence-electron chi connectivity index (χ1n) is 15.5. The van der Waals surface area contributed by atoms with Gasteiger partial charge in [-0.1, -0.05) is 19.1 Å². The molecule has 4 heterocycles. The molecule has 3 aromatic rings. The number of hydrogen-bond acceptors (Lipinski definition) is 8. The van der Waals surface area contributed by atoms with Crippen LogP contribution in [0.5, 0.6) is 5.75 Å². The number of nitrogens with one attached hydrogen (secondary N) is 2. The summed E-state index contributed by atoms with van der Waals surface area (Å²) >= 11 is 0. The molecule has 5 rings (SSSR count). The summed E-state index contributed by atoms with van der Waals surface area (Å²) in [5, 5.41) is 11.0. The second kappa shape index (κ2) is 14.5. The fourth-order valence-electron chi connectivity index (χ4n) is 5.91. The van der Waals surface area contributed by atoms with Crippen molar-refractivity contribution in [3.05, 3.63) is 65.2 Å². The molecule has 2 amide bonds. The summed E-state index contributed by atoms with van der Waals surface area (Å²) in [5.74, 6) is 1.43. The highest BCUT2D eigenvalue weighted by Gasteiger charge is 2.37. The molecule has 43 heavy (non-hydrogen) atoms. The highest BCUT2D eigenvalue weighted by atomic mass is 16.5. The summed E-state index contributed by atoms with van der Waals surface area (Å²) in [6, 6.07) is 9.92. The zero-order valence-electron chi connectivity index (χ0n) is 25.6. The molecule has 2 atom stereocenters. The molecule has 1 aromatic carbocycles. The van der Waals surface area contributed by atoms with Crippen molar-refractivity contribution in [1.82, 2.24) is 34.9 Å². The summed E-state index contributed by atoms with van der Waals surface area (Å²) in [6.07, 6.45) is 6.79. The minimum Gasteiger partial charge on any atom is -0.494 e. The van der Waals surface area contributed by atoms with E-state index >= 15 is 0 Å². The summed E-state index contributed by atoms with van der Waals surface area (Å²) in [7, 11) is 0. The third kappa shape index (κ3) is 8.31. The van der Waals surface area contributed by atoms with Gasteiger partial charge in [0.2, 0.25) is 17.8 Å². The predicted molar refractivity (Wildman–Crippen MR) is 165 cm³/mol. The van der Waals surface area contributed by atoms with Gasteiger partial charge in [0, 0.05) is 68.7 Å². The van der Waals surface area contributed by atoms with E-state index in [1.54, 1.807) is 0 Å². The van der Waals surface area contributed by atoms with Gasteiger partial charge in [-0.3, -0.25) is 19.2 Å². The lowest BCUT2D eigenvalue weighted by molar-refractivity contribution is -0.131. The Balaban J connectivity index is 1.28. The number of anilines is 1. The smallest absolute Gasteiger partial charge is 0.234 e. The summed E-state index contributed by atoms with van der Waals surface area (Å²) in [6.45, 7) is 10.6. The van der Waals surface area contributed by atoms with Crippen LogP contribution in [0.3, 0.4) is 0 Å². The number of amides is 2. The Kier molecular flexibility index (Phi) is 10.2. The second-order valence-corrected chi connectivity index (χ2v) is 11.7. The molecule has 0 aliphatic carbocycles. The van der Waals surface area contributed by atoms with Crippen LogP contribution in [0, 0.1) is 13.8 Å². The number of hydrogen-bond donors (Lipinski definition) is 2. The molecule has 0 saturated carbocycles. The van der Waals surface area contributed by atoms with Crippen molar-refractivity contribution in [3.63, 3.8) is 0 Å². The Bertz CT molecular complexity index is 1380. The average Bonchev–Trinajstić information content (AvgIpc) is 3.56. The molecule has 1 fully saturated rings. The third-order valence-electron chi connectivity index (χ3n) is 8.10. The molecule has 230 valence electrons. The van der Waals surface area contributed by atoms with Gasteiger partial charge < -0.3 is 20.3 Å². The highest BCUT2D eigenvalue weighted by Crippen LogP contribution is 2.31. The van der Waals surface area contributed by atoms with E-state index in [1.165, 1.54) is 0 Å². The molecule has 11 heteroatoms. The van der Waals surface area contributed by atoms with Crippen LogP contribution in [-0.4, -0.2) is 86.7 Å². The van der Waals surface area contributed by atoms with Crippen LogP contribution in [0.25, 0.3) is 0 Å². The number of benzene rings is 1. The molecular formula is C32H44N8O3. The lowest BCUT2D eigenvalue weighted by Gasteiger charge is -2.25. The first-order chi connectivity index (χ1) is 20.9. The Morgan fingerprint density at radius 3 is 2.74 bits per heavy atom. The maximum atomic E-state index is 13.5. The van der Waals surface area contributed by atoms with Gasteiger partial charge in [0.1, 0.15) is 5.75 Å². The van der Waals surface area contributed by atoms with Crippen LogP contribution in [-0.2, 0) is 22.7 Å². The van der Waals surface area contributed by atoms with Crippen molar-refractivity contribution in [2.45, 2.75) is 71.5 Å². The number of ether oxygens (including phenoxy) is 1. The molecule has 0 unspecified atom stereocenters. The maximum absolute atomic E-state index is 13.5. The number of aryl methyl sites for hydroxylation is 3. The van der Waals surface area contributed by atoms with Crippen molar-refractivity contribution in [1.29, 1.82) is 0 Å². The molecule has 2 aliphatic heterocycles. The SMILES string of the molecule is CCCNc1ncc(CN2CCCCOc3cccc(c3)[C@H]3CN(C(=O)CCn4nc(C)cc4C)C[C@@H]3NC(=O)C2)cn1. The molecule has 0 spiro atoms. The number of likely N-dealkylation sites (tertiary alicyclic amines) is 1. The van der Waals surface area contributed by atoms with Crippen molar-refractivity contribution >= 4 is 17.8 Å². The second-order valence-electron chi connectivity index (χ2n) is 11.7. The molecule has 2 N–H and O–H groups in total. The zero-order chi connectivity index (χ0) is 30.2. The molecule has 11 nitrogen and oxygen atoms in total. The minimum atomic E-state index is -0.197. The fraction of sp³-hybridized carbons (Fsp3) is 0.531. The molecule has 2 aromatic heterocycles. The van der Waals surface area contributed by atoms with Crippen molar-refractivity contribution in [2.24, 2.45) is 0 Å². The Hall–Kier alpha value is -3.99. The van der Waals surface area contributed by atoms with Gasteiger partial charge in [-0.15, -0.1) is 0 Å². The number of fused-ring (bicyclic) bond motifs is 4. The van der Waals surface area contributed by atoms with Crippen LogP contribution < -0.4 is 15.4 Å². The number of rotatable bonds is 8. The van der Waals surface area contributed by atoms with E-state index in [-0.39, 0.29) is 30.3 Å². The first kappa shape index (κ1) is 30.5. The van der Waals surface area contributed by atoms with Crippen LogP contribution in [0.2, 0.25) is 0 Å². The van der Waals surface area contributed by atoms with Gasteiger partial charge in [-0.05, 0) is 63.4 Å². The molecular weight excluding hydrogens is 544 g/mol. The standard InChI is InChI=1S/C32H44N8O3/c1-4-11-33-32-34-17-25(18-35-32)19-38-12-5-6-14-43-27-9-7-8-26(16-27)28-20-39(21-29(28)36-30(41)22-38)31(42)10-13-40-24(3)15-23(2)37-40/h7-9,15-18,28-29H,4-6,10-14,19-22H2,1-3H3,(H,36,41)(H,33,34,35)/t28-,29+/m1/s1. The molecule has 1 saturated heterocycles. The van der Waals surface area contributed by atoms with Gasteiger partial charge in [-0.25, -0.2) is 9.97 Å².